The molecule has 3 N–H and O–H groups in total. The molecule has 1 aliphatic rings. The molecule has 0 bridgehead atoms. The van der Waals surface area contributed by atoms with E-state index in [1.165, 1.54) is 0 Å². The van der Waals surface area contributed by atoms with E-state index in [0.717, 1.165) is 37.8 Å². The second-order valence-electron chi connectivity index (χ2n) is 4.74. The molecule has 1 fully saturated rings. The Hall–Kier alpha value is -0.450. The van der Waals surface area contributed by atoms with Crippen LogP contribution in [-0.4, -0.2) is 12.1 Å². The van der Waals surface area contributed by atoms with E-state index in [0.29, 0.717) is 16.6 Å². The van der Waals surface area contributed by atoms with Crippen LogP contribution in [0.25, 0.3) is 0 Å². The fourth-order valence-corrected chi connectivity index (χ4v) is 2.48. The number of nitrogens with two attached hydrogens (primary N) is 1. The predicted octanol–water partition coefficient (Wildman–Crippen LogP) is 2.95. The SMILES string of the molecule is NC1CCC(NCc2ccc(Br)c(F)c2)CC1. The monoisotopic (exact) mass is 300 g/mol. The summed E-state index contributed by atoms with van der Waals surface area (Å²) in [5, 5.41) is 3.47. The molecule has 0 heterocycles. The van der Waals surface area contributed by atoms with Crippen molar-refractivity contribution in [3.8, 4) is 0 Å². The van der Waals surface area contributed by atoms with E-state index < -0.39 is 0 Å². The topological polar surface area (TPSA) is 38.0 Å². The van der Waals surface area contributed by atoms with Crippen LogP contribution in [0.15, 0.2) is 22.7 Å². The van der Waals surface area contributed by atoms with Gasteiger partial charge in [-0.25, -0.2) is 4.39 Å². The van der Waals surface area contributed by atoms with E-state index in [-0.39, 0.29) is 5.82 Å². The Morgan fingerprint density at radius 1 is 1.29 bits per heavy atom. The van der Waals surface area contributed by atoms with Gasteiger partial charge in [0.25, 0.3) is 0 Å². The van der Waals surface area contributed by atoms with Gasteiger partial charge in [-0.05, 0) is 59.3 Å². The maximum atomic E-state index is 13.3. The first-order valence-corrected chi connectivity index (χ1v) is 6.87. The van der Waals surface area contributed by atoms with Crippen molar-refractivity contribution in [2.75, 3.05) is 0 Å². The zero-order chi connectivity index (χ0) is 12.3. The first-order chi connectivity index (χ1) is 8.15. The first kappa shape index (κ1) is 13.0. The average Bonchev–Trinajstić information content (AvgIpc) is 2.33. The molecule has 17 heavy (non-hydrogen) atoms. The minimum absolute atomic E-state index is 0.199. The van der Waals surface area contributed by atoms with Crippen molar-refractivity contribution in [2.24, 2.45) is 5.73 Å². The third-order valence-electron chi connectivity index (χ3n) is 3.35. The van der Waals surface area contributed by atoms with Crippen molar-refractivity contribution in [1.82, 2.24) is 5.32 Å². The van der Waals surface area contributed by atoms with Gasteiger partial charge >= 0.3 is 0 Å². The molecule has 0 aromatic heterocycles. The van der Waals surface area contributed by atoms with Crippen molar-refractivity contribution in [2.45, 2.75) is 44.3 Å². The van der Waals surface area contributed by atoms with E-state index in [9.17, 15) is 4.39 Å². The zero-order valence-corrected chi connectivity index (χ0v) is 11.3. The van der Waals surface area contributed by atoms with Gasteiger partial charge in [-0.15, -0.1) is 0 Å². The van der Waals surface area contributed by atoms with Crippen molar-refractivity contribution in [3.05, 3.63) is 34.1 Å². The van der Waals surface area contributed by atoms with E-state index >= 15 is 0 Å². The van der Waals surface area contributed by atoms with Gasteiger partial charge in [-0.3, -0.25) is 0 Å². The molecule has 0 atom stereocenters. The molecule has 2 rings (SSSR count). The average molecular weight is 301 g/mol. The Bertz CT molecular complexity index is 376. The van der Waals surface area contributed by atoms with Gasteiger partial charge in [0.05, 0.1) is 4.47 Å². The lowest BCUT2D eigenvalue weighted by Gasteiger charge is -2.27. The summed E-state index contributed by atoms with van der Waals surface area (Å²) in [4.78, 5) is 0. The van der Waals surface area contributed by atoms with Gasteiger partial charge in [0.15, 0.2) is 0 Å². The summed E-state index contributed by atoms with van der Waals surface area (Å²) in [5.74, 6) is -0.199. The van der Waals surface area contributed by atoms with Gasteiger partial charge in [0, 0.05) is 18.6 Å². The van der Waals surface area contributed by atoms with E-state index in [1.54, 1.807) is 12.1 Å². The summed E-state index contributed by atoms with van der Waals surface area (Å²) < 4.78 is 13.8. The Morgan fingerprint density at radius 3 is 2.65 bits per heavy atom. The molecule has 4 heteroatoms. The van der Waals surface area contributed by atoms with Crippen molar-refractivity contribution in [3.63, 3.8) is 0 Å². The lowest BCUT2D eigenvalue weighted by Crippen LogP contribution is -2.37. The maximum Gasteiger partial charge on any atom is 0.137 e. The highest BCUT2D eigenvalue weighted by molar-refractivity contribution is 9.10. The summed E-state index contributed by atoms with van der Waals surface area (Å²) in [5.41, 5.74) is 6.84. The Labute approximate surface area is 110 Å². The summed E-state index contributed by atoms with van der Waals surface area (Å²) in [6.45, 7) is 0.726. The number of halogens is 2. The van der Waals surface area contributed by atoms with E-state index in [1.807, 2.05) is 6.07 Å². The van der Waals surface area contributed by atoms with Gasteiger partial charge in [-0.1, -0.05) is 6.07 Å². The second-order valence-corrected chi connectivity index (χ2v) is 5.60. The normalized spacial score (nSPS) is 24.9. The molecule has 1 aromatic carbocycles. The molecular weight excluding hydrogens is 283 g/mol. The molecule has 94 valence electrons. The minimum Gasteiger partial charge on any atom is -0.328 e. The molecule has 0 amide bonds. The third-order valence-corrected chi connectivity index (χ3v) is 3.99. The standard InChI is InChI=1S/C13H18BrFN2/c14-12-6-1-9(7-13(12)15)8-17-11-4-2-10(16)3-5-11/h1,6-7,10-11,17H,2-5,8,16H2. The number of benzene rings is 1. The van der Waals surface area contributed by atoms with Crippen LogP contribution >= 0.6 is 15.9 Å². The zero-order valence-electron chi connectivity index (χ0n) is 9.76. The van der Waals surface area contributed by atoms with Crippen LogP contribution < -0.4 is 11.1 Å². The predicted molar refractivity (Wildman–Crippen MR) is 71.2 cm³/mol. The largest absolute Gasteiger partial charge is 0.328 e. The van der Waals surface area contributed by atoms with E-state index in [2.05, 4.69) is 21.2 Å². The Morgan fingerprint density at radius 2 is 2.00 bits per heavy atom. The lowest BCUT2D eigenvalue weighted by atomic mass is 9.92. The first-order valence-electron chi connectivity index (χ1n) is 6.08. The summed E-state index contributed by atoms with van der Waals surface area (Å²) >= 11 is 3.15. The van der Waals surface area contributed by atoms with Crippen LogP contribution in [0.5, 0.6) is 0 Å². The molecular formula is C13H18BrFN2. The van der Waals surface area contributed by atoms with Gasteiger partial charge in [-0.2, -0.15) is 0 Å². The summed E-state index contributed by atoms with van der Waals surface area (Å²) in [6.07, 6.45) is 4.43. The second kappa shape index (κ2) is 5.94. The molecule has 0 aliphatic heterocycles. The molecule has 0 radical (unpaired) electrons. The van der Waals surface area contributed by atoms with Crippen LogP contribution in [0, 0.1) is 5.82 Å². The van der Waals surface area contributed by atoms with Crippen LogP contribution in [0.4, 0.5) is 4.39 Å². The highest BCUT2D eigenvalue weighted by Gasteiger charge is 2.17. The summed E-state index contributed by atoms with van der Waals surface area (Å²) in [6, 6.07) is 6.17. The summed E-state index contributed by atoms with van der Waals surface area (Å²) in [7, 11) is 0. The molecule has 0 spiro atoms. The maximum absolute atomic E-state index is 13.3. The Balaban J connectivity index is 1.83. The highest BCUT2D eigenvalue weighted by Crippen LogP contribution is 2.19. The quantitative estimate of drug-likeness (QED) is 0.901. The number of hydrogen-bond donors (Lipinski definition) is 2. The third kappa shape index (κ3) is 3.76. The molecule has 1 saturated carbocycles. The minimum atomic E-state index is -0.199. The van der Waals surface area contributed by atoms with Crippen molar-refractivity contribution in [1.29, 1.82) is 0 Å². The van der Waals surface area contributed by atoms with Crippen LogP contribution in [0.1, 0.15) is 31.2 Å². The van der Waals surface area contributed by atoms with Gasteiger partial charge in [0.2, 0.25) is 0 Å². The fraction of sp³-hybridized carbons (Fsp3) is 0.538. The van der Waals surface area contributed by atoms with Crippen molar-refractivity contribution >= 4 is 15.9 Å². The molecule has 1 aromatic rings. The number of rotatable bonds is 3. The molecule has 2 nitrogen and oxygen atoms in total. The number of hydrogen-bond acceptors (Lipinski definition) is 2. The lowest BCUT2D eigenvalue weighted by molar-refractivity contribution is 0.341. The van der Waals surface area contributed by atoms with Gasteiger partial charge < -0.3 is 11.1 Å². The number of nitrogens with one attached hydrogen (secondary N) is 1. The Kier molecular flexibility index (Phi) is 4.54. The smallest absolute Gasteiger partial charge is 0.137 e. The van der Waals surface area contributed by atoms with Crippen LogP contribution in [0.2, 0.25) is 0 Å². The van der Waals surface area contributed by atoms with Crippen LogP contribution in [-0.2, 0) is 6.54 Å². The molecule has 0 unspecified atom stereocenters. The molecule has 0 saturated heterocycles. The van der Waals surface area contributed by atoms with E-state index in [4.69, 9.17) is 5.73 Å². The van der Waals surface area contributed by atoms with Gasteiger partial charge in [0.1, 0.15) is 5.82 Å². The van der Waals surface area contributed by atoms with Crippen molar-refractivity contribution < 1.29 is 4.39 Å². The molecule has 1 aliphatic carbocycles. The highest BCUT2D eigenvalue weighted by atomic mass is 79.9. The fourth-order valence-electron chi connectivity index (χ4n) is 2.24. The van der Waals surface area contributed by atoms with Crippen LogP contribution in [0.3, 0.4) is 0 Å².